The maximum absolute atomic E-state index is 14.7. The molecule has 1 aromatic carbocycles. The Bertz CT molecular complexity index is 583. The van der Waals surface area contributed by atoms with Gasteiger partial charge in [-0.2, -0.15) is 13.2 Å². The first-order valence-electron chi connectivity index (χ1n) is 8.47. The molecule has 1 aliphatic rings. The van der Waals surface area contributed by atoms with Gasteiger partial charge in [-0.15, -0.1) is 6.58 Å². The number of alkyl halides is 3. The third-order valence-electron chi connectivity index (χ3n) is 4.50. The van der Waals surface area contributed by atoms with Gasteiger partial charge in [-0.25, -0.2) is 4.39 Å². The number of piperazine rings is 1. The second kappa shape index (κ2) is 9.01. The second-order valence-electron chi connectivity index (χ2n) is 6.20. The van der Waals surface area contributed by atoms with Gasteiger partial charge >= 0.3 is 6.18 Å². The normalized spacial score (nSPS) is 17.5. The average Bonchev–Trinajstić information content (AvgIpc) is 2.58. The molecule has 0 bridgehead atoms. The maximum Gasteiger partial charge on any atom is 0.416 e. The first-order chi connectivity index (χ1) is 11.9. The Morgan fingerprint density at radius 2 is 1.92 bits per heavy atom. The van der Waals surface area contributed by atoms with E-state index >= 15 is 0 Å². The van der Waals surface area contributed by atoms with Crippen molar-refractivity contribution in [3.8, 4) is 0 Å². The predicted octanol–water partition coefficient (Wildman–Crippen LogP) is 5.19. The number of hydrogen-bond acceptors (Lipinski definition) is 2. The monoisotopic (exact) mass is 378 g/mol. The first-order valence-corrected chi connectivity index (χ1v) is 8.84. The van der Waals surface area contributed by atoms with Crippen molar-refractivity contribution in [3.05, 3.63) is 46.8 Å². The molecule has 1 fully saturated rings. The lowest BCUT2D eigenvalue weighted by Crippen LogP contribution is -2.45. The molecule has 1 saturated heterocycles. The Kier molecular flexibility index (Phi) is 7.28. The highest BCUT2D eigenvalue weighted by molar-refractivity contribution is 6.30. The van der Waals surface area contributed by atoms with Crippen molar-refractivity contribution in [2.75, 3.05) is 26.2 Å². The van der Waals surface area contributed by atoms with Crippen LogP contribution in [0.5, 0.6) is 0 Å². The van der Waals surface area contributed by atoms with Gasteiger partial charge in [0.05, 0.1) is 10.6 Å². The third-order valence-corrected chi connectivity index (χ3v) is 4.79. The molecule has 0 aliphatic carbocycles. The van der Waals surface area contributed by atoms with E-state index in [4.69, 9.17) is 11.6 Å². The molecule has 0 unspecified atom stereocenters. The van der Waals surface area contributed by atoms with E-state index in [1.165, 1.54) is 0 Å². The fourth-order valence-corrected chi connectivity index (χ4v) is 3.43. The van der Waals surface area contributed by atoms with Crippen LogP contribution >= 0.6 is 11.6 Å². The lowest BCUT2D eigenvalue weighted by atomic mass is 9.93. The summed E-state index contributed by atoms with van der Waals surface area (Å²) in [4.78, 5) is 1.92. The number of nitrogens with one attached hydrogen (secondary N) is 1. The smallest absolute Gasteiger partial charge is 0.314 e. The maximum atomic E-state index is 14.7. The van der Waals surface area contributed by atoms with Gasteiger partial charge in [0, 0.05) is 37.8 Å². The molecule has 25 heavy (non-hydrogen) atoms. The summed E-state index contributed by atoms with van der Waals surface area (Å²) < 4.78 is 55.1. The topological polar surface area (TPSA) is 15.3 Å². The molecule has 7 heteroatoms. The summed E-state index contributed by atoms with van der Waals surface area (Å²) in [7, 11) is 0. The standard InChI is InChI=1S/C18H23ClF4N2/c1-2-3-4-5-6-15(25-11-9-24-10-12-25)16-13(18(21,22)23)7-8-14(19)17(16)20/h2,7-8,15,24H,1,3-6,9-12H2/t15-/m0/s1. The number of nitrogens with zero attached hydrogens (tertiary/aromatic N) is 1. The molecule has 1 N–H and O–H groups in total. The number of hydrogen-bond donors (Lipinski definition) is 1. The summed E-state index contributed by atoms with van der Waals surface area (Å²) >= 11 is 5.82. The fraction of sp³-hybridized carbons (Fsp3) is 0.556. The van der Waals surface area contributed by atoms with Gasteiger partial charge in [-0.3, -0.25) is 4.90 Å². The summed E-state index contributed by atoms with van der Waals surface area (Å²) in [5.41, 5.74) is -1.25. The number of rotatable bonds is 7. The van der Waals surface area contributed by atoms with Crippen molar-refractivity contribution in [1.29, 1.82) is 0 Å². The molecule has 2 nitrogen and oxygen atoms in total. The van der Waals surface area contributed by atoms with Crippen LogP contribution in [0.2, 0.25) is 5.02 Å². The number of unbranched alkanes of at least 4 members (excludes halogenated alkanes) is 2. The quantitative estimate of drug-likeness (QED) is 0.399. The van der Waals surface area contributed by atoms with Gasteiger partial charge in [0.15, 0.2) is 0 Å². The molecule has 140 valence electrons. The van der Waals surface area contributed by atoms with Crippen LogP contribution in [0.1, 0.15) is 42.9 Å². The Morgan fingerprint density at radius 3 is 2.52 bits per heavy atom. The molecule has 0 saturated carbocycles. The average molecular weight is 379 g/mol. The minimum atomic E-state index is -4.62. The van der Waals surface area contributed by atoms with Crippen molar-refractivity contribution in [1.82, 2.24) is 10.2 Å². The highest BCUT2D eigenvalue weighted by atomic mass is 35.5. The lowest BCUT2D eigenvalue weighted by molar-refractivity contribution is -0.139. The minimum Gasteiger partial charge on any atom is -0.314 e. The fourth-order valence-electron chi connectivity index (χ4n) is 3.27. The van der Waals surface area contributed by atoms with Crippen LogP contribution < -0.4 is 5.32 Å². The van der Waals surface area contributed by atoms with E-state index in [9.17, 15) is 17.6 Å². The molecule has 1 aromatic rings. The molecule has 0 aromatic heterocycles. The SMILES string of the molecule is C=CCCCC[C@@H](c1c(C(F)(F)F)ccc(Cl)c1F)N1CCNCC1. The first kappa shape index (κ1) is 20.2. The van der Waals surface area contributed by atoms with E-state index in [0.29, 0.717) is 39.0 Å². The van der Waals surface area contributed by atoms with Crippen LogP contribution in [0.4, 0.5) is 17.6 Å². The predicted molar refractivity (Wildman–Crippen MR) is 92.3 cm³/mol. The van der Waals surface area contributed by atoms with Crippen molar-refractivity contribution >= 4 is 11.6 Å². The van der Waals surface area contributed by atoms with E-state index in [1.54, 1.807) is 6.08 Å². The molecule has 1 heterocycles. The van der Waals surface area contributed by atoms with E-state index in [-0.39, 0.29) is 10.6 Å². The van der Waals surface area contributed by atoms with Gasteiger partial charge in [0.25, 0.3) is 0 Å². The zero-order valence-electron chi connectivity index (χ0n) is 14.0. The van der Waals surface area contributed by atoms with Crippen LogP contribution in [0, 0.1) is 5.82 Å². The molecule has 0 amide bonds. The van der Waals surface area contributed by atoms with Crippen LogP contribution in [-0.4, -0.2) is 31.1 Å². The molecule has 1 aliphatic heterocycles. The van der Waals surface area contributed by atoms with Gasteiger partial charge in [0.1, 0.15) is 5.82 Å². The summed E-state index contributed by atoms with van der Waals surface area (Å²) in [6, 6.07) is 1.23. The summed E-state index contributed by atoms with van der Waals surface area (Å²) in [5.74, 6) is -0.955. The van der Waals surface area contributed by atoms with Gasteiger partial charge in [-0.05, 0) is 31.4 Å². The molecule has 2 rings (SSSR count). The Morgan fingerprint density at radius 1 is 1.24 bits per heavy atom. The molecule has 1 atom stereocenters. The lowest BCUT2D eigenvalue weighted by Gasteiger charge is -2.36. The van der Waals surface area contributed by atoms with Crippen molar-refractivity contribution in [2.24, 2.45) is 0 Å². The Hall–Kier alpha value is -1.11. The number of allylic oxidation sites excluding steroid dienone is 1. The minimum absolute atomic E-state index is 0.269. The molecule has 0 spiro atoms. The Labute approximate surface area is 150 Å². The molecular weight excluding hydrogens is 356 g/mol. The van der Waals surface area contributed by atoms with Gasteiger partial charge in [0.2, 0.25) is 0 Å². The second-order valence-corrected chi connectivity index (χ2v) is 6.60. The summed E-state index contributed by atoms with van der Waals surface area (Å²) in [6.45, 7) is 6.16. The van der Waals surface area contributed by atoms with Crippen LogP contribution in [0.3, 0.4) is 0 Å². The summed E-state index contributed by atoms with van der Waals surface area (Å²) in [5, 5.41) is 2.90. The van der Waals surface area contributed by atoms with Crippen LogP contribution in [0.25, 0.3) is 0 Å². The molecule has 0 radical (unpaired) electrons. The highest BCUT2D eigenvalue weighted by Gasteiger charge is 2.39. The summed E-state index contributed by atoms with van der Waals surface area (Å²) in [6.07, 6.45) is -0.0821. The van der Waals surface area contributed by atoms with Crippen LogP contribution in [-0.2, 0) is 6.18 Å². The van der Waals surface area contributed by atoms with Gasteiger partial charge < -0.3 is 5.32 Å². The largest absolute Gasteiger partial charge is 0.416 e. The van der Waals surface area contributed by atoms with Crippen molar-refractivity contribution < 1.29 is 17.6 Å². The zero-order valence-corrected chi connectivity index (χ0v) is 14.8. The zero-order chi connectivity index (χ0) is 18.4. The van der Waals surface area contributed by atoms with Crippen molar-refractivity contribution in [2.45, 2.75) is 37.9 Å². The Balaban J connectivity index is 2.40. The van der Waals surface area contributed by atoms with E-state index in [2.05, 4.69) is 11.9 Å². The van der Waals surface area contributed by atoms with E-state index < -0.39 is 23.6 Å². The van der Waals surface area contributed by atoms with Gasteiger partial charge in [-0.1, -0.05) is 24.1 Å². The van der Waals surface area contributed by atoms with Crippen LogP contribution in [0.15, 0.2) is 24.8 Å². The molecular formula is C18H23ClF4N2. The highest BCUT2D eigenvalue weighted by Crippen LogP contribution is 2.41. The van der Waals surface area contributed by atoms with E-state index in [1.807, 2.05) is 4.90 Å². The van der Waals surface area contributed by atoms with E-state index in [0.717, 1.165) is 25.0 Å². The van der Waals surface area contributed by atoms with Crippen molar-refractivity contribution in [3.63, 3.8) is 0 Å². The third kappa shape index (κ3) is 5.19. The number of benzene rings is 1. The number of halogens is 5.